The molecule has 7 heteroatoms. The third-order valence-electron chi connectivity index (χ3n) is 3.99. The minimum atomic E-state index is -3.83. The monoisotopic (exact) mass is 384 g/mol. The average molecular weight is 384 g/mol. The van der Waals surface area contributed by atoms with Gasteiger partial charge in [-0.2, -0.15) is 0 Å². The van der Waals surface area contributed by atoms with Gasteiger partial charge in [0.25, 0.3) is 0 Å². The molecule has 0 saturated heterocycles. The number of hydrogen-bond donors (Lipinski definition) is 0. The van der Waals surface area contributed by atoms with E-state index in [4.69, 9.17) is 0 Å². The van der Waals surface area contributed by atoms with Crippen LogP contribution in [0.1, 0.15) is 5.56 Å². The van der Waals surface area contributed by atoms with Crippen LogP contribution in [0.5, 0.6) is 0 Å². The first-order valence-electron chi connectivity index (χ1n) is 8.01. The lowest BCUT2D eigenvalue weighted by Crippen LogP contribution is -2.40. The Morgan fingerprint density at radius 2 is 1.37 bits per heavy atom. The average Bonchev–Trinajstić information content (AvgIpc) is 2.67. The van der Waals surface area contributed by atoms with Crippen molar-refractivity contribution in [2.75, 3.05) is 4.90 Å². The molecular formula is C20H15FNO4S-. The Kier molecular flexibility index (Phi) is 5.23. The second-order valence-corrected chi connectivity index (χ2v) is 7.74. The third-order valence-corrected chi connectivity index (χ3v) is 5.77. The summed E-state index contributed by atoms with van der Waals surface area (Å²) >= 11 is 0. The molecule has 0 radical (unpaired) electrons. The summed E-state index contributed by atoms with van der Waals surface area (Å²) in [6.45, 7) is 0.0766. The summed E-state index contributed by atoms with van der Waals surface area (Å²) < 4.78 is 38.2. The fourth-order valence-corrected chi connectivity index (χ4v) is 3.84. The number of rotatable bonds is 5. The van der Waals surface area contributed by atoms with E-state index in [1.807, 2.05) is 6.07 Å². The van der Waals surface area contributed by atoms with Crippen LogP contribution in [0.2, 0.25) is 0 Å². The summed E-state index contributed by atoms with van der Waals surface area (Å²) in [6.07, 6.45) is -1.40. The largest absolute Gasteiger partial charge is 0.530 e. The lowest BCUT2D eigenvalue weighted by atomic mass is 10.2. The molecule has 0 saturated carbocycles. The molecule has 0 aliphatic heterocycles. The van der Waals surface area contributed by atoms with Gasteiger partial charge in [-0.05, 0) is 54.1 Å². The van der Waals surface area contributed by atoms with Crippen molar-refractivity contribution in [2.45, 2.75) is 16.3 Å². The molecule has 0 aliphatic rings. The molecule has 3 rings (SSSR count). The van der Waals surface area contributed by atoms with Gasteiger partial charge in [-0.15, -0.1) is 0 Å². The van der Waals surface area contributed by atoms with Crippen LogP contribution in [0, 0.1) is 5.82 Å². The number of anilines is 1. The number of halogens is 1. The zero-order valence-corrected chi connectivity index (χ0v) is 14.9. The zero-order chi connectivity index (χ0) is 19.4. The predicted octanol–water partition coefficient (Wildman–Crippen LogP) is 3.01. The Labute approximate surface area is 156 Å². The van der Waals surface area contributed by atoms with E-state index in [1.54, 1.807) is 24.3 Å². The molecule has 0 spiro atoms. The molecule has 0 bridgehead atoms. The van der Waals surface area contributed by atoms with Crippen molar-refractivity contribution in [1.29, 1.82) is 0 Å². The maximum atomic E-state index is 13.0. The van der Waals surface area contributed by atoms with E-state index in [-0.39, 0.29) is 22.0 Å². The first kappa shape index (κ1) is 18.6. The molecule has 0 heterocycles. The Morgan fingerprint density at radius 1 is 0.852 bits per heavy atom. The van der Waals surface area contributed by atoms with E-state index in [2.05, 4.69) is 0 Å². The van der Waals surface area contributed by atoms with Crippen LogP contribution < -0.4 is 10.0 Å². The highest BCUT2D eigenvalue weighted by atomic mass is 32.2. The molecule has 0 aromatic heterocycles. The highest BCUT2D eigenvalue weighted by Crippen LogP contribution is 2.24. The van der Waals surface area contributed by atoms with Crippen molar-refractivity contribution in [3.05, 3.63) is 90.2 Å². The van der Waals surface area contributed by atoms with E-state index < -0.39 is 21.7 Å². The molecule has 0 N–H and O–H groups in total. The highest BCUT2D eigenvalue weighted by Gasteiger charge is 2.18. The molecule has 0 aliphatic carbocycles. The van der Waals surface area contributed by atoms with Crippen LogP contribution in [0.15, 0.2) is 88.7 Å². The van der Waals surface area contributed by atoms with Crippen molar-refractivity contribution in [2.24, 2.45) is 0 Å². The Hall–Kier alpha value is -3.19. The molecule has 1 amide bonds. The molecule has 27 heavy (non-hydrogen) atoms. The van der Waals surface area contributed by atoms with Gasteiger partial charge < -0.3 is 14.8 Å². The highest BCUT2D eigenvalue weighted by molar-refractivity contribution is 7.91. The summed E-state index contributed by atoms with van der Waals surface area (Å²) in [7, 11) is -3.83. The first-order valence-corrected chi connectivity index (χ1v) is 9.49. The minimum absolute atomic E-state index is 0.0177. The number of carbonyl (C=O) groups excluding carboxylic acids is 1. The van der Waals surface area contributed by atoms with E-state index >= 15 is 0 Å². The number of carboxylic acid groups (broad SMARTS) is 1. The third kappa shape index (κ3) is 4.15. The number of benzene rings is 3. The van der Waals surface area contributed by atoms with Crippen LogP contribution in [-0.4, -0.2) is 14.5 Å². The lowest BCUT2D eigenvalue weighted by molar-refractivity contribution is -0.246. The van der Waals surface area contributed by atoms with E-state index in [0.29, 0.717) is 0 Å². The SMILES string of the molecule is O=C([O-])N(Cc1ccccc1)c1ccc(S(=O)(=O)c2ccc(F)cc2)cc1. The quantitative estimate of drug-likeness (QED) is 0.634. The molecule has 138 valence electrons. The summed E-state index contributed by atoms with van der Waals surface area (Å²) in [4.78, 5) is 12.5. The molecule has 3 aromatic carbocycles. The second kappa shape index (κ2) is 7.59. The van der Waals surface area contributed by atoms with Crippen LogP contribution in [0.25, 0.3) is 0 Å². The fraction of sp³-hybridized carbons (Fsp3) is 0.0500. The van der Waals surface area contributed by atoms with Crippen molar-refractivity contribution in [3.8, 4) is 0 Å². The minimum Gasteiger partial charge on any atom is -0.530 e. The topological polar surface area (TPSA) is 77.5 Å². The van der Waals surface area contributed by atoms with Gasteiger partial charge in [0, 0.05) is 12.2 Å². The molecule has 0 unspecified atom stereocenters. The molecule has 3 aromatic rings. The Balaban J connectivity index is 1.89. The number of sulfone groups is 1. The second-order valence-electron chi connectivity index (χ2n) is 5.79. The van der Waals surface area contributed by atoms with Crippen molar-refractivity contribution < 1.29 is 22.7 Å². The molecule has 0 fully saturated rings. The fourth-order valence-electron chi connectivity index (χ4n) is 2.58. The normalized spacial score (nSPS) is 11.1. The van der Waals surface area contributed by atoms with Crippen LogP contribution >= 0.6 is 0 Å². The first-order chi connectivity index (χ1) is 12.9. The smallest absolute Gasteiger partial charge is 0.206 e. The van der Waals surface area contributed by atoms with E-state index in [9.17, 15) is 22.7 Å². The van der Waals surface area contributed by atoms with Crippen molar-refractivity contribution >= 4 is 21.6 Å². The van der Waals surface area contributed by atoms with Crippen LogP contribution in [0.4, 0.5) is 14.9 Å². The summed E-state index contributed by atoms with van der Waals surface area (Å²) in [5.74, 6) is -0.533. The van der Waals surface area contributed by atoms with Gasteiger partial charge in [-0.25, -0.2) is 12.8 Å². The summed E-state index contributed by atoms with van der Waals surface area (Å²) in [6, 6.07) is 18.9. The van der Waals surface area contributed by atoms with Crippen LogP contribution in [-0.2, 0) is 16.4 Å². The van der Waals surface area contributed by atoms with Gasteiger partial charge in [0.1, 0.15) is 11.9 Å². The number of hydrogen-bond acceptors (Lipinski definition) is 4. The van der Waals surface area contributed by atoms with E-state index in [0.717, 1.165) is 22.6 Å². The predicted molar refractivity (Wildman–Crippen MR) is 96.3 cm³/mol. The molecule has 5 nitrogen and oxygen atoms in total. The Morgan fingerprint density at radius 3 is 1.89 bits per heavy atom. The van der Waals surface area contributed by atoms with Crippen LogP contribution in [0.3, 0.4) is 0 Å². The Bertz CT molecular complexity index is 1030. The maximum Gasteiger partial charge on any atom is 0.206 e. The maximum absolute atomic E-state index is 13.0. The van der Waals surface area contributed by atoms with E-state index in [1.165, 1.54) is 36.4 Å². The van der Waals surface area contributed by atoms with Gasteiger partial charge in [0.05, 0.1) is 9.79 Å². The number of nitrogens with zero attached hydrogens (tertiary/aromatic N) is 1. The van der Waals surface area contributed by atoms with Gasteiger partial charge >= 0.3 is 0 Å². The van der Waals surface area contributed by atoms with Gasteiger partial charge in [0.15, 0.2) is 0 Å². The summed E-state index contributed by atoms with van der Waals surface area (Å²) in [5.41, 5.74) is 1.06. The molecule has 0 atom stereocenters. The zero-order valence-electron chi connectivity index (χ0n) is 14.1. The number of amides is 1. The van der Waals surface area contributed by atoms with Gasteiger partial charge in [-0.1, -0.05) is 30.3 Å². The number of carbonyl (C=O) groups is 1. The van der Waals surface area contributed by atoms with Gasteiger partial charge in [0.2, 0.25) is 9.84 Å². The van der Waals surface area contributed by atoms with Gasteiger partial charge in [-0.3, -0.25) is 0 Å². The summed E-state index contributed by atoms with van der Waals surface area (Å²) in [5, 5.41) is 11.5. The van der Waals surface area contributed by atoms with Crippen molar-refractivity contribution in [1.82, 2.24) is 0 Å². The lowest BCUT2D eigenvalue weighted by Gasteiger charge is -2.25. The van der Waals surface area contributed by atoms with Crippen molar-refractivity contribution in [3.63, 3.8) is 0 Å². The molecular weight excluding hydrogens is 369 g/mol. The standard InChI is InChI=1S/C20H16FNO4S/c21-16-6-10-18(11-7-16)27(25,26)19-12-8-17(9-13-19)22(20(23)24)14-15-4-2-1-3-5-15/h1-13H,14H2,(H,23,24)/p-1.